The van der Waals surface area contributed by atoms with E-state index in [1.165, 1.54) is 5.56 Å². The molecule has 0 heterocycles. The molecule has 1 aromatic carbocycles. The molecule has 4 nitrogen and oxygen atoms in total. The van der Waals surface area contributed by atoms with Gasteiger partial charge in [0.25, 0.3) is 0 Å². The van der Waals surface area contributed by atoms with Gasteiger partial charge in [0.1, 0.15) is 13.1 Å². The van der Waals surface area contributed by atoms with Gasteiger partial charge in [0.05, 0.1) is 18.8 Å². The van der Waals surface area contributed by atoms with E-state index in [-0.39, 0.29) is 30.8 Å². The first kappa shape index (κ1) is 21.8. The molecule has 142 valence electrons. The van der Waals surface area contributed by atoms with Gasteiger partial charge in [-0.05, 0) is 23.8 Å². The molecule has 0 aliphatic heterocycles. The molecule has 0 radical (unpaired) electrons. The molecule has 4 atom stereocenters. The molecule has 1 aromatic rings. The minimum atomic E-state index is 0.00511. The third kappa shape index (κ3) is 8.61. The molecule has 0 aliphatic rings. The van der Waals surface area contributed by atoms with Crippen molar-refractivity contribution < 1.29 is 19.0 Å². The lowest BCUT2D eigenvalue weighted by Crippen LogP contribution is -2.32. The van der Waals surface area contributed by atoms with Crippen LogP contribution in [-0.4, -0.2) is 32.4 Å². The van der Waals surface area contributed by atoms with E-state index in [9.17, 15) is 4.79 Å². The largest absolute Gasteiger partial charge is 0.373 e. The quantitative estimate of drug-likeness (QED) is 0.389. The highest BCUT2D eigenvalue weighted by atomic mass is 16.7. The number of hydrogen-bond donors (Lipinski definition) is 0. The first-order chi connectivity index (χ1) is 12.0. The molecule has 0 aromatic heterocycles. The Bertz CT molecular complexity index is 460. The molecule has 1 rings (SSSR count). The molecule has 4 heteroatoms. The first-order valence-electron chi connectivity index (χ1n) is 9.19. The van der Waals surface area contributed by atoms with Gasteiger partial charge in [-0.2, -0.15) is 0 Å². The Kier molecular flexibility index (Phi) is 10.6. The number of carbonyl (C=O) groups is 1. The van der Waals surface area contributed by atoms with E-state index in [0.717, 1.165) is 19.1 Å². The van der Waals surface area contributed by atoms with E-state index in [2.05, 4.69) is 32.9 Å². The smallest absolute Gasteiger partial charge is 0.146 e. The van der Waals surface area contributed by atoms with Crippen LogP contribution in [0.5, 0.6) is 0 Å². The standard InChI is InChI=1S/C21H34O4/c1-16(2)20(24-14-19-9-7-6-8-10-19)12-21(25-15-23-5)18(4)11-17(3)13-22/h6-10,13,16-18,20-21H,11-12,14-15H2,1-5H3/t17-,18+,20-,21+/m0/s1. The molecule has 0 unspecified atom stereocenters. The van der Waals surface area contributed by atoms with Gasteiger partial charge in [0.15, 0.2) is 0 Å². The Labute approximate surface area is 152 Å². The summed E-state index contributed by atoms with van der Waals surface area (Å²) in [5.41, 5.74) is 1.17. The Morgan fingerprint density at radius 3 is 2.20 bits per heavy atom. The Balaban J connectivity index is 2.68. The molecular formula is C21H34O4. The summed E-state index contributed by atoms with van der Waals surface area (Å²) in [6.07, 6.45) is 2.71. The number of benzene rings is 1. The monoisotopic (exact) mass is 350 g/mol. The van der Waals surface area contributed by atoms with E-state index in [0.29, 0.717) is 12.5 Å². The lowest BCUT2D eigenvalue weighted by molar-refractivity contribution is -0.120. The Morgan fingerprint density at radius 2 is 1.64 bits per heavy atom. The van der Waals surface area contributed by atoms with Crippen LogP contribution in [0.2, 0.25) is 0 Å². The third-order valence-corrected chi connectivity index (χ3v) is 4.53. The van der Waals surface area contributed by atoms with Crippen LogP contribution < -0.4 is 0 Å². The third-order valence-electron chi connectivity index (χ3n) is 4.53. The van der Waals surface area contributed by atoms with Crippen molar-refractivity contribution in [1.82, 2.24) is 0 Å². The second kappa shape index (κ2) is 12.2. The summed E-state index contributed by atoms with van der Waals surface area (Å²) >= 11 is 0. The van der Waals surface area contributed by atoms with Crippen molar-refractivity contribution in [3.05, 3.63) is 35.9 Å². The fourth-order valence-corrected chi connectivity index (χ4v) is 2.95. The Morgan fingerprint density at radius 1 is 0.960 bits per heavy atom. The van der Waals surface area contributed by atoms with Crippen LogP contribution >= 0.6 is 0 Å². The van der Waals surface area contributed by atoms with Gasteiger partial charge in [0.2, 0.25) is 0 Å². The van der Waals surface area contributed by atoms with Gasteiger partial charge in [-0.3, -0.25) is 0 Å². The van der Waals surface area contributed by atoms with Crippen molar-refractivity contribution in [2.24, 2.45) is 17.8 Å². The molecule has 0 amide bonds. The average Bonchev–Trinajstić information content (AvgIpc) is 2.61. The highest BCUT2D eigenvalue weighted by molar-refractivity contribution is 5.52. The van der Waals surface area contributed by atoms with Crippen molar-refractivity contribution in [3.8, 4) is 0 Å². The van der Waals surface area contributed by atoms with Crippen LogP contribution in [0.1, 0.15) is 46.1 Å². The minimum Gasteiger partial charge on any atom is -0.373 e. The summed E-state index contributed by atoms with van der Waals surface area (Å²) in [7, 11) is 1.63. The van der Waals surface area contributed by atoms with Gasteiger partial charge in [-0.25, -0.2) is 0 Å². The molecule has 0 fully saturated rings. The van der Waals surface area contributed by atoms with Gasteiger partial charge in [0, 0.05) is 19.4 Å². The maximum atomic E-state index is 11.0. The summed E-state index contributed by atoms with van der Waals surface area (Å²) in [5.74, 6) is 0.677. The average molecular weight is 350 g/mol. The second-order valence-electron chi connectivity index (χ2n) is 7.25. The number of aldehydes is 1. The summed E-state index contributed by atoms with van der Waals surface area (Å²) in [6, 6.07) is 10.2. The van der Waals surface area contributed by atoms with E-state index in [1.54, 1.807) is 7.11 Å². The molecule has 0 aliphatic carbocycles. The van der Waals surface area contributed by atoms with Crippen LogP contribution in [-0.2, 0) is 25.6 Å². The van der Waals surface area contributed by atoms with Crippen LogP contribution in [0.15, 0.2) is 30.3 Å². The highest BCUT2D eigenvalue weighted by Crippen LogP contribution is 2.25. The normalized spacial score (nSPS) is 16.4. The number of ether oxygens (including phenoxy) is 3. The summed E-state index contributed by atoms with van der Waals surface area (Å²) < 4.78 is 17.2. The van der Waals surface area contributed by atoms with Gasteiger partial charge in [-0.1, -0.05) is 58.0 Å². The van der Waals surface area contributed by atoms with Crippen molar-refractivity contribution in [2.75, 3.05) is 13.9 Å². The molecule has 0 bridgehead atoms. The summed E-state index contributed by atoms with van der Waals surface area (Å²) in [6.45, 7) is 9.27. The second-order valence-corrected chi connectivity index (χ2v) is 7.25. The highest BCUT2D eigenvalue weighted by Gasteiger charge is 2.26. The number of carbonyl (C=O) groups excluding carboxylic acids is 1. The number of rotatable bonds is 13. The molecule has 0 saturated heterocycles. The summed E-state index contributed by atoms with van der Waals surface area (Å²) in [4.78, 5) is 11.0. The lowest BCUT2D eigenvalue weighted by Gasteiger charge is -2.30. The van der Waals surface area contributed by atoms with Crippen LogP contribution in [0.3, 0.4) is 0 Å². The number of hydrogen-bond acceptors (Lipinski definition) is 4. The molecule has 0 saturated carbocycles. The zero-order chi connectivity index (χ0) is 18.7. The van der Waals surface area contributed by atoms with Crippen LogP contribution in [0.25, 0.3) is 0 Å². The van der Waals surface area contributed by atoms with E-state index >= 15 is 0 Å². The van der Waals surface area contributed by atoms with E-state index in [1.807, 2.05) is 25.1 Å². The van der Waals surface area contributed by atoms with Gasteiger partial charge < -0.3 is 19.0 Å². The zero-order valence-electron chi connectivity index (χ0n) is 16.3. The lowest BCUT2D eigenvalue weighted by atomic mass is 9.88. The van der Waals surface area contributed by atoms with Crippen LogP contribution in [0, 0.1) is 17.8 Å². The first-order valence-corrected chi connectivity index (χ1v) is 9.19. The van der Waals surface area contributed by atoms with Crippen molar-refractivity contribution in [3.63, 3.8) is 0 Å². The molecule has 0 N–H and O–H groups in total. The maximum absolute atomic E-state index is 11.0. The van der Waals surface area contributed by atoms with Crippen molar-refractivity contribution in [2.45, 2.75) is 59.4 Å². The molecule has 0 spiro atoms. The molecular weight excluding hydrogens is 316 g/mol. The minimum absolute atomic E-state index is 0.00511. The molecule has 25 heavy (non-hydrogen) atoms. The Hall–Kier alpha value is -1.23. The fraction of sp³-hybridized carbons (Fsp3) is 0.667. The SMILES string of the molecule is COCO[C@H](C[C@H](OCc1ccccc1)C(C)C)[C@H](C)C[C@H](C)C=O. The predicted molar refractivity (Wildman–Crippen MR) is 100 cm³/mol. The van der Waals surface area contributed by atoms with Crippen LogP contribution in [0.4, 0.5) is 0 Å². The topological polar surface area (TPSA) is 44.8 Å². The van der Waals surface area contributed by atoms with E-state index in [4.69, 9.17) is 14.2 Å². The zero-order valence-corrected chi connectivity index (χ0v) is 16.3. The van der Waals surface area contributed by atoms with Crippen molar-refractivity contribution >= 4 is 6.29 Å². The van der Waals surface area contributed by atoms with Gasteiger partial charge >= 0.3 is 0 Å². The maximum Gasteiger partial charge on any atom is 0.146 e. The van der Waals surface area contributed by atoms with Crippen molar-refractivity contribution in [1.29, 1.82) is 0 Å². The number of methoxy groups -OCH3 is 1. The predicted octanol–water partition coefficient (Wildman–Crippen LogP) is 4.47. The van der Waals surface area contributed by atoms with Gasteiger partial charge in [-0.15, -0.1) is 0 Å². The fourth-order valence-electron chi connectivity index (χ4n) is 2.95. The summed E-state index contributed by atoms with van der Waals surface area (Å²) in [5, 5.41) is 0. The van der Waals surface area contributed by atoms with E-state index < -0.39 is 0 Å².